The second-order valence-electron chi connectivity index (χ2n) is 8.60. The molecule has 0 unspecified atom stereocenters. The van der Waals surface area contributed by atoms with Crippen molar-refractivity contribution in [2.75, 3.05) is 43.1 Å². The lowest BCUT2D eigenvalue weighted by Gasteiger charge is -2.29. The lowest BCUT2D eigenvalue weighted by molar-refractivity contribution is -0.157. The van der Waals surface area contributed by atoms with Crippen LogP contribution < -0.4 is 10.2 Å². The number of likely N-dealkylation sites (tertiary alicyclic amines) is 1. The van der Waals surface area contributed by atoms with Crippen molar-refractivity contribution in [1.29, 1.82) is 0 Å². The molecule has 3 aliphatic rings. The number of nitrogens with one attached hydrogen (secondary N) is 1. The molecule has 31 heavy (non-hydrogen) atoms. The van der Waals surface area contributed by atoms with E-state index in [9.17, 15) is 14.4 Å². The quantitative estimate of drug-likeness (QED) is 0.698. The van der Waals surface area contributed by atoms with Gasteiger partial charge >= 0.3 is 5.97 Å². The van der Waals surface area contributed by atoms with Crippen LogP contribution in [0.4, 0.5) is 11.4 Å². The average molecular weight is 430 g/mol. The van der Waals surface area contributed by atoms with Crippen molar-refractivity contribution in [3.05, 3.63) is 24.3 Å². The Hall–Kier alpha value is -2.61. The molecule has 2 heterocycles. The minimum Gasteiger partial charge on any atom is -0.452 e. The molecule has 1 aliphatic carbocycles. The second-order valence-corrected chi connectivity index (χ2v) is 8.60. The number of carbonyl (C=O) groups is 3. The van der Waals surface area contributed by atoms with Crippen molar-refractivity contribution < 1.29 is 23.9 Å². The van der Waals surface area contributed by atoms with Gasteiger partial charge in [-0.25, -0.2) is 0 Å². The van der Waals surface area contributed by atoms with E-state index in [4.69, 9.17) is 9.47 Å². The number of benzene rings is 1. The van der Waals surface area contributed by atoms with E-state index in [1.807, 2.05) is 29.2 Å². The minimum absolute atomic E-state index is 0.0197. The third kappa shape index (κ3) is 5.18. The second kappa shape index (κ2) is 9.68. The summed E-state index contributed by atoms with van der Waals surface area (Å²) in [6.07, 6.45) is 3.53. The first-order valence-electron chi connectivity index (χ1n) is 11.2. The Bertz CT molecular complexity index is 800. The van der Waals surface area contributed by atoms with Gasteiger partial charge in [-0.1, -0.05) is 12.8 Å². The third-order valence-electron chi connectivity index (χ3n) is 6.43. The number of rotatable bonds is 6. The Morgan fingerprint density at radius 3 is 2.48 bits per heavy atom. The maximum absolute atomic E-state index is 12.5. The highest BCUT2D eigenvalue weighted by Gasteiger charge is 2.40. The van der Waals surface area contributed by atoms with Crippen LogP contribution in [0.25, 0.3) is 0 Å². The van der Waals surface area contributed by atoms with E-state index in [-0.39, 0.29) is 24.3 Å². The van der Waals surface area contributed by atoms with E-state index in [1.54, 1.807) is 6.92 Å². The van der Waals surface area contributed by atoms with Gasteiger partial charge in [0.2, 0.25) is 5.91 Å². The summed E-state index contributed by atoms with van der Waals surface area (Å²) in [5, 5.41) is 2.79. The first kappa shape index (κ1) is 21.6. The Balaban J connectivity index is 1.26. The fourth-order valence-electron chi connectivity index (χ4n) is 4.60. The molecule has 1 aromatic carbocycles. The maximum atomic E-state index is 12.5. The topological polar surface area (TPSA) is 88.2 Å². The highest BCUT2D eigenvalue weighted by atomic mass is 16.5. The molecular formula is C23H31N3O5. The van der Waals surface area contributed by atoms with E-state index >= 15 is 0 Å². The van der Waals surface area contributed by atoms with Crippen LogP contribution in [-0.4, -0.2) is 67.7 Å². The van der Waals surface area contributed by atoms with Crippen molar-refractivity contribution in [2.45, 2.75) is 51.2 Å². The molecule has 2 atom stereocenters. The van der Waals surface area contributed by atoms with Crippen LogP contribution in [0.2, 0.25) is 0 Å². The summed E-state index contributed by atoms with van der Waals surface area (Å²) >= 11 is 0. The summed E-state index contributed by atoms with van der Waals surface area (Å²) < 4.78 is 10.8. The zero-order valence-electron chi connectivity index (χ0n) is 18.0. The van der Waals surface area contributed by atoms with Gasteiger partial charge in [0.25, 0.3) is 5.91 Å². The molecule has 0 radical (unpaired) electrons. The van der Waals surface area contributed by atoms with Crippen LogP contribution in [0.15, 0.2) is 24.3 Å². The number of amides is 2. The lowest BCUT2D eigenvalue weighted by atomic mass is 10.1. The van der Waals surface area contributed by atoms with Gasteiger partial charge in [-0.3, -0.25) is 14.4 Å². The van der Waals surface area contributed by atoms with Gasteiger partial charge in [0, 0.05) is 43.5 Å². The average Bonchev–Trinajstić information content (AvgIpc) is 3.44. The molecule has 0 spiro atoms. The number of esters is 1. The van der Waals surface area contributed by atoms with Gasteiger partial charge in [0.15, 0.2) is 6.10 Å². The lowest BCUT2D eigenvalue weighted by Crippen LogP contribution is -2.36. The highest BCUT2D eigenvalue weighted by molar-refractivity contribution is 5.96. The molecule has 0 bridgehead atoms. The third-order valence-corrected chi connectivity index (χ3v) is 6.43. The molecular weight excluding hydrogens is 398 g/mol. The summed E-state index contributed by atoms with van der Waals surface area (Å²) in [6, 6.07) is 7.85. The van der Waals surface area contributed by atoms with Crippen LogP contribution in [0.5, 0.6) is 0 Å². The molecule has 3 fully saturated rings. The molecule has 1 saturated carbocycles. The van der Waals surface area contributed by atoms with Crippen LogP contribution in [0.1, 0.15) is 39.0 Å². The van der Waals surface area contributed by atoms with Crippen LogP contribution in [-0.2, 0) is 23.9 Å². The van der Waals surface area contributed by atoms with Gasteiger partial charge in [0.1, 0.15) is 0 Å². The van der Waals surface area contributed by atoms with Gasteiger partial charge in [0.05, 0.1) is 19.1 Å². The predicted octanol–water partition coefficient (Wildman–Crippen LogP) is 2.18. The zero-order valence-corrected chi connectivity index (χ0v) is 18.0. The Morgan fingerprint density at radius 1 is 1.13 bits per heavy atom. The SMILES string of the molecule is C[C@@H](OC(=O)[C@H]1CC(=O)N(C2CCCC2)C1)C(=O)Nc1ccc(N2CCOCC2)cc1. The van der Waals surface area contributed by atoms with Crippen LogP contribution in [0.3, 0.4) is 0 Å². The predicted molar refractivity (Wildman–Crippen MR) is 116 cm³/mol. The number of carbonyl (C=O) groups excluding carboxylic acids is 3. The van der Waals surface area contributed by atoms with Gasteiger partial charge in [-0.15, -0.1) is 0 Å². The van der Waals surface area contributed by atoms with Gasteiger partial charge < -0.3 is 24.6 Å². The summed E-state index contributed by atoms with van der Waals surface area (Å²) in [5.74, 6) is -1.33. The summed E-state index contributed by atoms with van der Waals surface area (Å²) in [5.41, 5.74) is 1.73. The monoisotopic (exact) mass is 429 g/mol. The number of morpholine rings is 1. The number of hydrogen-bond acceptors (Lipinski definition) is 6. The molecule has 4 rings (SSSR count). The van der Waals surface area contributed by atoms with Gasteiger partial charge in [-0.05, 0) is 44.0 Å². The molecule has 2 aliphatic heterocycles. The number of ether oxygens (including phenoxy) is 2. The van der Waals surface area contributed by atoms with Crippen molar-refractivity contribution in [1.82, 2.24) is 4.90 Å². The Labute approximate surface area is 182 Å². The number of nitrogens with zero attached hydrogens (tertiary/aromatic N) is 2. The van der Waals surface area contributed by atoms with E-state index in [1.165, 1.54) is 0 Å². The first-order chi connectivity index (χ1) is 15.0. The Morgan fingerprint density at radius 2 is 1.81 bits per heavy atom. The van der Waals surface area contributed by atoms with E-state index < -0.39 is 18.0 Å². The largest absolute Gasteiger partial charge is 0.452 e. The first-order valence-corrected chi connectivity index (χ1v) is 11.2. The van der Waals surface area contributed by atoms with Crippen LogP contribution in [0, 0.1) is 5.92 Å². The summed E-state index contributed by atoms with van der Waals surface area (Å²) in [6.45, 7) is 5.08. The van der Waals surface area contributed by atoms with Crippen molar-refractivity contribution in [2.24, 2.45) is 5.92 Å². The van der Waals surface area contributed by atoms with E-state index in [2.05, 4.69) is 10.2 Å². The molecule has 2 saturated heterocycles. The molecule has 8 heteroatoms. The zero-order chi connectivity index (χ0) is 21.8. The molecule has 1 aromatic rings. The van der Waals surface area contributed by atoms with Crippen molar-refractivity contribution in [3.8, 4) is 0 Å². The minimum atomic E-state index is -0.929. The molecule has 8 nitrogen and oxygen atoms in total. The molecule has 2 amide bonds. The Kier molecular flexibility index (Phi) is 6.75. The van der Waals surface area contributed by atoms with Crippen molar-refractivity contribution >= 4 is 29.2 Å². The van der Waals surface area contributed by atoms with E-state index in [0.717, 1.165) is 44.5 Å². The van der Waals surface area contributed by atoms with E-state index in [0.29, 0.717) is 25.4 Å². The normalized spacial score (nSPS) is 23.1. The van der Waals surface area contributed by atoms with Gasteiger partial charge in [-0.2, -0.15) is 0 Å². The van der Waals surface area contributed by atoms with Crippen molar-refractivity contribution in [3.63, 3.8) is 0 Å². The number of hydrogen-bond donors (Lipinski definition) is 1. The summed E-state index contributed by atoms with van der Waals surface area (Å²) in [4.78, 5) is 41.4. The molecule has 1 N–H and O–H groups in total. The molecule has 0 aromatic heterocycles. The maximum Gasteiger partial charge on any atom is 0.312 e. The smallest absolute Gasteiger partial charge is 0.312 e. The standard InChI is InChI=1S/C23H31N3O5/c1-16(31-23(29)17-14-21(27)26(15-17)20-4-2-3-5-20)22(28)24-18-6-8-19(9-7-18)25-10-12-30-13-11-25/h6-9,16-17,20H,2-5,10-15H2,1H3,(H,24,28)/t16-,17+/m1/s1. The summed E-state index contributed by atoms with van der Waals surface area (Å²) in [7, 11) is 0. The highest BCUT2D eigenvalue weighted by Crippen LogP contribution is 2.30. The molecule has 168 valence electrons. The fraction of sp³-hybridized carbons (Fsp3) is 0.609. The van der Waals surface area contributed by atoms with Crippen LogP contribution >= 0.6 is 0 Å². The number of anilines is 2. The fourth-order valence-corrected chi connectivity index (χ4v) is 4.60.